The smallest absolute Gasteiger partial charge is 0.292 e. The molecule has 8 heteroatoms. The predicted octanol–water partition coefficient (Wildman–Crippen LogP) is 4.91. The highest BCUT2D eigenvalue weighted by Crippen LogP contribution is 2.28. The molecule has 0 spiro atoms. The Morgan fingerprint density at radius 1 is 1.13 bits per heavy atom. The van der Waals surface area contributed by atoms with Crippen LogP contribution in [0.2, 0.25) is 5.02 Å². The molecule has 2 aromatic carbocycles. The molecule has 162 valence electrons. The fourth-order valence-corrected chi connectivity index (χ4v) is 2.93. The molecule has 0 amide bonds. The van der Waals surface area contributed by atoms with Crippen LogP contribution in [0, 0.1) is 0 Å². The third-order valence-corrected chi connectivity index (χ3v) is 4.71. The van der Waals surface area contributed by atoms with Crippen LogP contribution < -0.4 is 20.5 Å². The van der Waals surface area contributed by atoms with Gasteiger partial charge >= 0.3 is 0 Å². The zero-order chi connectivity index (χ0) is 22.1. The lowest BCUT2D eigenvalue weighted by Crippen LogP contribution is -2.22. The number of ether oxygens (including phenoxy) is 2. The number of halogens is 1. The zero-order valence-corrected chi connectivity index (χ0v) is 18.3. The van der Waals surface area contributed by atoms with Crippen molar-refractivity contribution >= 4 is 23.5 Å². The number of hydrogen-bond acceptors (Lipinski definition) is 6. The van der Waals surface area contributed by atoms with E-state index < -0.39 is 5.56 Å². The van der Waals surface area contributed by atoms with E-state index in [0.717, 1.165) is 18.4 Å². The molecule has 3 aromatic rings. The van der Waals surface area contributed by atoms with Gasteiger partial charge in [0, 0.05) is 0 Å². The molecule has 1 aromatic heterocycles. The molecule has 0 saturated carbocycles. The van der Waals surface area contributed by atoms with E-state index in [4.69, 9.17) is 21.1 Å². The second kappa shape index (κ2) is 11.2. The van der Waals surface area contributed by atoms with E-state index in [1.54, 1.807) is 18.3 Å². The van der Waals surface area contributed by atoms with Gasteiger partial charge in [-0.1, -0.05) is 43.1 Å². The second-order valence-corrected chi connectivity index (χ2v) is 7.01. The zero-order valence-electron chi connectivity index (χ0n) is 17.5. The van der Waals surface area contributed by atoms with Crippen LogP contribution in [0.3, 0.4) is 0 Å². The van der Waals surface area contributed by atoms with Gasteiger partial charge < -0.3 is 9.47 Å². The van der Waals surface area contributed by atoms with E-state index in [1.807, 2.05) is 43.3 Å². The number of rotatable bonds is 10. The SMILES string of the molecule is CCCCOc1ccc(/C=N\Nc2cnn(-c3ccccc3)c(=O)c2Cl)cc1OCC. The Morgan fingerprint density at radius 3 is 2.68 bits per heavy atom. The van der Waals surface area contributed by atoms with Crippen molar-refractivity contribution in [3.63, 3.8) is 0 Å². The molecule has 1 N–H and O–H groups in total. The number of aromatic nitrogens is 2. The summed E-state index contributed by atoms with van der Waals surface area (Å²) in [5.41, 5.74) is 4.11. The van der Waals surface area contributed by atoms with Gasteiger partial charge in [-0.2, -0.15) is 14.9 Å². The van der Waals surface area contributed by atoms with Crippen molar-refractivity contribution in [2.75, 3.05) is 18.6 Å². The van der Waals surface area contributed by atoms with Crippen LogP contribution >= 0.6 is 11.6 Å². The molecule has 0 unspecified atom stereocenters. The molecule has 0 radical (unpaired) electrons. The summed E-state index contributed by atoms with van der Waals surface area (Å²) in [4.78, 5) is 12.5. The number of nitrogens with zero attached hydrogens (tertiary/aromatic N) is 3. The highest BCUT2D eigenvalue weighted by Gasteiger charge is 2.10. The number of nitrogens with one attached hydrogen (secondary N) is 1. The summed E-state index contributed by atoms with van der Waals surface area (Å²) < 4.78 is 12.7. The van der Waals surface area contributed by atoms with Crippen LogP contribution in [0.1, 0.15) is 32.3 Å². The standard InChI is InChI=1S/C23H25ClN4O3/c1-3-5-13-31-20-12-11-17(14-21(20)30-4-2)15-25-27-19-16-26-28(23(29)22(19)24)18-9-7-6-8-10-18/h6-12,14-16,27H,3-5,13H2,1-2H3/b25-15-. The first-order valence-corrected chi connectivity index (χ1v) is 10.5. The van der Waals surface area contributed by atoms with Crippen molar-refractivity contribution in [3.05, 3.63) is 75.7 Å². The molecular formula is C23H25ClN4O3. The van der Waals surface area contributed by atoms with Crippen LogP contribution in [0.5, 0.6) is 11.5 Å². The van der Waals surface area contributed by atoms with E-state index in [2.05, 4.69) is 22.5 Å². The molecule has 7 nitrogen and oxygen atoms in total. The van der Waals surface area contributed by atoms with Crippen molar-refractivity contribution in [3.8, 4) is 17.2 Å². The summed E-state index contributed by atoms with van der Waals surface area (Å²) in [6.07, 6.45) is 5.12. The number of anilines is 1. The van der Waals surface area contributed by atoms with Crippen molar-refractivity contribution in [1.29, 1.82) is 0 Å². The molecule has 0 saturated heterocycles. The van der Waals surface area contributed by atoms with Crippen LogP contribution in [-0.4, -0.2) is 29.2 Å². The minimum absolute atomic E-state index is 0.00526. The molecule has 0 aliphatic heterocycles. The van der Waals surface area contributed by atoms with E-state index in [9.17, 15) is 4.79 Å². The summed E-state index contributed by atoms with van der Waals surface area (Å²) in [5, 5.41) is 8.35. The van der Waals surface area contributed by atoms with Gasteiger partial charge in [0.25, 0.3) is 5.56 Å². The van der Waals surface area contributed by atoms with Gasteiger partial charge in [0.1, 0.15) is 10.7 Å². The van der Waals surface area contributed by atoms with Crippen molar-refractivity contribution < 1.29 is 9.47 Å². The lowest BCUT2D eigenvalue weighted by molar-refractivity contribution is 0.272. The number of hydrazone groups is 1. The Balaban J connectivity index is 1.73. The number of hydrogen-bond donors (Lipinski definition) is 1. The molecule has 3 rings (SSSR count). The summed E-state index contributed by atoms with van der Waals surface area (Å²) in [6.45, 7) is 5.21. The molecule has 0 aliphatic carbocycles. The van der Waals surface area contributed by atoms with Gasteiger partial charge in [-0.05, 0) is 49.2 Å². The molecular weight excluding hydrogens is 416 g/mol. The van der Waals surface area contributed by atoms with Crippen molar-refractivity contribution in [2.45, 2.75) is 26.7 Å². The fourth-order valence-electron chi connectivity index (χ4n) is 2.76. The Kier molecular flexibility index (Phi) is 8.06. The molecule has 0 bridgehead atoms. The average molecular weight is 441 g/mol. The van der Waals surface area contributed by atoms with Crippen LogP contribution in [-0.2, 0) is 0 Å². The van der Waals surface area contributed by atoms with Gasteiger partial charge in [-0.3, -0.25) is 10.2 Å². The van der Waals surface area contributed by atoms with Crippen molar-refractivity contribution in [2.24, 2.45) is 5.10 Å². The third-order valence-electron chi connectivity index (χ3n) is 4.34. The first-order valence-electron chi connectivity index (χ1n) is 10.2. The Morgan fingerprint density at radius 2 is 1.94 bits per heavy atom. The maximum Gasteiger partial charge on any atom is 0.292 e. The lowest BCUT2D eigenvalue weighted by atomic mass is 10.2. The fraction of sp³-hybridized carbons (Fsp3) is 0.261. The topological polar surface area (TPSA) is 77.7 Å². The minimum atomic E-state index is -0.430. The maximum absolute atomic E-state index is 12.5. The third kappa shape index (κ3) is 5.86. The summed E-state index contributed by atoms with van der Waals surface area (Å²) in [6, 6.07) is 14.7. The van der Waals surface area contributed by atoms with E-state index in [0.29, 0.717) is 36.1 Å². The number of unbranched alkanes of at least 4 members (excludes halogenated alkanes) is 1. The van der Waals surface area contributed by atoms with E-state index in [1.165, 1.54) is 10.9 Å². The molecule has 0 fully saturated rings. The largest absolute Gasteiger partial charge is 0.490 e. The molecule has 31 heavy (non-hydrogen) atoms. The van der Waals surface area contributed by atoms with Crippen LogP contribution in [0.15, 0.2) is 64.6 Å². The highest BCUT2D eigenvalue weighted by molar-refractivity contribution is 6.32. The van der Waals surface area contributed by atoms with Gasteiger partial charge in [0.05, 0.1) is 31.3 Å². The molecule has 0 atom stereocenters. The van der Waals surface area contributed by atoms with Crippen LogP contribution in [0.25, 0.3) is 5.69 Å². The van der Waals surface area contributed by atoms with Gasteiger partial charge in [-0.15, -0.1) is 0 Å². The summed E-state index contributed by atoms with van der Waals surface area (Å²) in [5.74, 6) is 1.37. The monoisotopic (exact) mass is 440 g/mol. The molecule has 0 aliphatic rings. The Bertz CT molecular complexity index is 1080. The van der Waals surface area contributed by atoms with Gasteiger partial charge in [-0.25, -0.2) is 0 Å². The highest BCUT2D eigenvalue weighted by atomic mass is 35.5. The minimum Gasteiger partial charge on any atom is -0.490 e. The van der Waals surface area contributed by atoms with E-state index >= 15 is 0 Å². The maximum atomic E-state index is 12.5. The summed E-state index contributed by atoms with van der Waals surface area (Å²) in [7, 11) is 0. The van der Waals surface area contributed by atoms with Gasteiger partial charge in [0.2, 0.25) is 0 Å². The average Bonchev–Trinajstić information content (AvgIpc) is 2.79. The second-order valence-electron chi connectivity index (χ2n) is 6.64. The first kappa shape index (κ1) is 22.4. The quantitative estimate of drug-likeness (QED) is 0.275. The van der Waals surface area contributed by atoms with E-state index in [-0.39, 0.29) is 5.02 Å². The first-order chi connectivity index (χ1) is 15.1. The molecule has 1 heterocycles. The predicted molar refractivity (Wildman–Crippen MR) is 124 cm³/mol. The normalized spacial score (nSPS) is 10.9. The van der Waals surface area contributed by atoms with Gasteiger partial charge in [0.15, 0.2) is 11.5 Å². The summed E-state index contributed by atoms with van der Waals surface area (Å²) >= 11 is 6.23. The van der Waals surface area contributed by atoms with Crippen molar-refractivity contribution in [1.82, 2.24) is 9.78 Å². The Labute approximate surface area is 186 Å². The number of para-hydroxylation sites is 1. The van der Waals surface area contributed by atoms with Crippen LogP contribution in [0.4, 0.5) is 5.69 Å². The lowest BCUT2D eigenvalue weighted by Gasteiger charge is -2.12. The number of benzene rings is 2. The Hall–Kier alpha value is -3.32.